The van der Waals surface area contributed by atoms with E-state index in [-0.39, 0.29) is 12.2 Å². The zero-order chi connectivity index (χ0) is 13.1. The van der Waals surface area contributed by atoms with Crippen molar-refractivity contribution >= 4 is 28.1 Å². The quantitative estimate of drug-likeness (QED) is 0.893. The second-order valence-electron chi connectivity index (χ2n) is 3.70. The molecule has 4 nitrogen and oxygen atoms in total. The third kappa shape index (κ3) is 2.84. The lowest BCUT2D eigenvalue weighted by atomic mass is 10.3. The van der Waals surface area contributed by atoms with Gasteiger partial charge in [0.2, 0.25) is 0 Å². The fourth-order valence-corrected chi connectivity index (χ4v) is 2.43. The third-order valence-corrected chi connectivity index (χ3v) is 3.39. The molecule has 0 bridgehead atoms. The Morgan fingerprint density at radius 1 is 1.50 bits per heavy atom. The van der Waals surface area contributed by atoms with E-state index in [2.05, 4.69) is 10.3 Å². The van der Waals surface area contributed by atoms with Gasteiger partial charge in [-0.2, -0.15) is 0 Å². The van der Waals surface area contributed by atoms with Crippen LogP contribution in [-0.2, 0) is 11.2 Å². The fraction of sp³-hybridized carbons (Fsp3) is 0.167. The first-order chi connectivity index (χ1) is 8.56. The lowest BCUT2D eigenvalue weighted by molar-refractivity contribution is -0.136. The number of carboxylic acid groups (broad SMARTS) is 1. The van der Waals surface area contributed by atoms with E-state index in [0.29, 0.717) is 21.4 Å². The molecule has 2 rings (SSSR count). The van der Waals surface area contributed by atoms with Gasteiger partial charge in [0, 0.05) is 4.88 Å². The van der Waals surface area contributed by atoms with Crippen molar-refractivity contribution in [1.29, 1.82) is 0 Å². The molecule has 0 aliphatic rings. The summed E-state index contributed by atoms with van der Waals surface area (Å²) in [4.78, 5) is 15.5. The molecule has 0 aliphatic heterocycles. The summed E-state index contributed by atoms with van der Waals surface area (Å²) in [7, 11) is 0. The van der Waals surface area contributed by atoms with Crippen LogP contribution in [0.1, 0.15) is 10.6 Å². The van der Waals surface area contributed by atoms with Gasteiger partial charge in [-0.25, -0.2) is 9.37 Å². The SMILES string of the molecule is Cc1nc(Nc2ccccc2F)sc1CC(=O)O. The van der Waals surface area contributed by atoms with Gasteiger partial charge in [0.05, 0.1) is 17.8 Å². The van der Waals surface area contributed by atoms with Crippen molar-refractivity contribution < 1.29 is 14.3 Å². The lowest BCUT2D eigenvalue weighted by Crippen LogP contribution is -1.99. The minimum absolute atomic E-state index is 0.0670. The highest BCUT2D eigenvalue weighted by atomic mass is 32.1. The molecular weight excluding hydrogens is 255 g/mol. The van der Waals surface area contributed by atoms with Gasteiger partial charge in [0.15, 0.2) is 5.13 Å². The van der Waals surface area contributed by atoms with Gasteiger partial charge in [-0.15, -0.1) is 11.3 Å². The normalized spacial score (nSPS) is 10.3. The van der Waals surface area contributed by atoms with Crippen LogP contribution >= 0.6 is 11.3 Å². The minimum atomic E-state index is -0.904. The molecule has 1 heterocycles. The van der Waals surface area contributed by atoms with E-state index in [9.17, 15) is 9.18 Å². The second kappa shape index (κ2) is 5.14. The first-order valence-electron chi connectivity index (χ1n) is 5.26. The van der Waals surface area contributed by atoms with Crippen LogP contribution in [0.2, 0.25) is 0 Å². The number of hydrogen-bond acceptors (Lipinski definition) is 4. The fourth-order valence-electron chi connectivity index (χ4n) is 1.46. The first kappa shape index (κ1) is 12.5. The maximum Gasteiger partial charge on any atom is 0.308 e. The Morgan fingerprint density at radius 2 is 2.22 bits per heavy atom. The Hall–Kier alpha value is -1.95. The monoisotopic (exact) mass is 266 g/mol. The van der Waals surface area contributed by atoms with Crippen molar-refractivity contribution in [2.24, 2.45) is 0 Å². The van der Waals surface area contributed by atoms with Crippen LogP contribution in [0.4, 0.5) is 15.2 Å². The van der Waals surface area contributed by atoms with Crippen molar-refractivity contribution in [1.82, 2.24) is 4.98 Å². The molecule has 0 unspecified atom stereocenters. The molecule has 0 fully saturated rings. The maximum absolute atomic E-state index is 13.4. The van der Waals surface area contributed by atoms with E-state index in [0.717, 1.165) is 0 Å². The Bertz CT molecular complexity index is 583. The molecule has 2 N–H and O–H groups in total. The lowest BCUT2D eigenvalue weighted by Gasteiger charge is -2.02. The van der Waals surface area contributed by atoms with E-state index < -0.39 is 5.97 Å². The maximum atomic E-state index is 13.4. The van der Waals surface area contributed by atoms with Gasteiger partial charge < -0.3 is 10.4 Å². The van der Waals surface area contributed by atoms with Crippen molar-refractivity contribution in [2.45, 2.75) is 13.3 Å². The Balaban J connectivity index is 2.20. The van der Waals surface area contributed by atoms with Crippen LogP contribution in [-0.4, -0.2) is 16.1 Å². The summed E-state index contributed by atoms with van der Waals surface area (Å²) in [6, 6.07) is 6.26. The van der Waals surface area contributed by atoms with E-state index in [1.807, 2.05) is 0 Å². The molecule has 0 spiro atoms. The molecule has 0 amide bonds. The van der Waals surface area contributed by atoms with Gasteiger partial charge in [-0.3, -0.25) is 4.79 Å². The van der Waals surface area contributed by atoms with E-state index >= 15 is 0 Å². The van der Waals surface area contributed by atoms with Crippen LogP contribution in [0.3, 0.4) is 0 Å². The number of para-hydroxylation sites is 1. The Kier molecular flexibility index (Phi) is 3.57. The zero-order valence-corrected chi connectivity index (χ0v) is 10.4. The van der Waals surface area contributed by atoms with Crippen LogP contribution in [0.5, 0.6) is 0 Å². The van der Waals surface area contributed by atoms with E-state index in [1.165, 1.54) is 17.4 Å². The number of aryl methyl sites for hydroxylation is 1. The summed E-state index contributed by atoms with van der Waals surface area (Å²) in [6.45, 7) is 1.74. The van der Waals surface area contributed by atoms with Crippen LogP contribution in [0, 0.1) is 12.7 Å². The molecular formula is C12H11FN2O2S. The summed E-state index contributed by atoms with van der Waals surface area (Å²) >= 11 is 1.22. The standard InChI is InChI=1S/C12H11FN2O2S/c1-7-10(6-11(16)17)18-12(14-7)15-9-5-3-2-4-8(9)13/h2-5H,6H2,1H3,(H,14,15)(H,16,17). The predicted octanol–water partition coefficient (Wildman–Crippen LogP) is 2.96. The molecule has 0 aliphatic carbocycles. The number of nitrogens with one attached hydrogen (secondary N) is 1. The average Bonchev–Trinajstić information content (AvgIpc) is 2.62. The van der Waals surface area contributed by atoms with E-state index in [4.69, 9.17) is 5.11 Å². The summed E-state index contributed by atoms with van der Waals surface area (Å²) in [5.74, 6) is -1.27. The van der Waals surface area contributed by atoms with Crippen molar-refractivity contribution in [3.8, 4) is 0 Å². The average molecular weight is 266 g/mol. The number of carbonyl (C=O) groups is 1. The molecule has 0 saturated carbocycles. The number of aromatic nitrogens is 1. The second-order valence-corrected chi connectivity index (χ2v) is 4.79. The van der Waals surface area contributed by atoms with Gasteiger partial charge >= 0.3 is 5.97 Å². The van der Waals surface area contributed by atoms with Crippen LogP contribution < -0.4 is 5.32 Å². The molecule has 0 radical (unpaired) electrons. The summed E-state index contributed by atoms with van der Waals surface area (Å²) in [5, 5.41) is 12.1. The van der Waals surface area contributed by atoms with Gasteiger partial charge in [-0.1, -0.05) is 12.1 Å². The number of thiazole rings is 1. The summed E-state index contributed by atoms with van der Waals surface area (Å²) in [5.41, 5.74) is 0.981. The molecule has 94 valence electrons. The predicted molar refractivity (Wildman–Crippen MR) is 67.9 cm³/mol. The van der Waals surface area contributed by atoms with Crippen molar-refractivity contribution in [3.63, 3.8) is 0 Å². The molecule has 2 aromatic rings. The highest BCUT2D eigenvalue weighted by Crippen LogP contribution is 2.27. The largest absolute Gasteiger partial charge is 0.481 e. The van der Waals surface area contributed by atoms with Gasteiger partial charge in [-0.05, 0) is 19.1 Å². The summed E-state index contributed by atoms with van der Waals surface area (Å²) < 4.78 is 13.4. The number of rotatable bonds is 4. The Morgan fingerprint density at radius 3 is 2.89 bits per heavy atom. The number of halogens is 1. The Labute approximate surface area is 107 Å². The van der Waals surface area contributed by atoms with Gasteiger partial charge in [0.25, 0.3) is 0 Å². The molecule has 0 atom stereocenters. The molecule has 1 aromatic heterocycles. The number of anilines is 2. The topological polar surface area (TPSA) is 62.2 Å². The molecule has 1 aromatic carbocycles. The zero-order valence-electron chi connectivity index (χ0n) is 9.61. The first-order valence-corrected chi connectivity index (χ1v) is 6.07. The smallest absolute Gasteiger partial charge is 0.308 e. The number of hydrogen-bond donors (Lipinski definition) is 2. The highest BCUT2D eigenvalue weighted by Gasteiger charge is 2.11. The van der Waals surface area contributed by atoms with Crippen molar-refractivity contribution in [3.05, 3.63) is 40.7 Å². The van der Waals surface area contributed by atoms with Crippen LogP contribution in [0.15, 0.2) is 24.3 Å². The number of carboxylic acids is 1. The number of nitrogens with zero attached hydrogens (tertiary/aromatic N) is 1. The van der Waals surface area contributed by atoms with Crippen LogP contribution in [0.25, 0.3) is 0 Å². The molecule has 18 heavy (non-hydrogen) atoms. The molecule has 6 heteroatoms. The number of benzene rings is 1. The summed E-state index contributed by atoms with van der Waals surface area (Å²) in [6.07, 6.45) is -0.0670. The van der Waals surface area contributed by atoms with Crippen molar-refractivity contribution in [2.75, 3.05) is 5.32 Å². The third-order valence-electron chi connectivity index (χ3n) is 2.32. The number of aliphatic carboxylic acids is 1. The van der Waals surface area contributed by atoms with E-state index in [1.54, 1.807) is 25.1 Å². The minimum Gasteiger partial charge on any atom is -0.481 e. The highest BCUT2D eigenvalue weighted by molar-refractivity contribution is 7.15. The van der Waals surface area contributed by atoms with Gasteiger partial charge in [0.1, 0.15) is 5.82 Å². The molecule has 0 saturated heterocycles.